The fourth-order valence-corrected chi connectivity index (χ4v) is 2.06. The normalized spacial score (nSPS) is 18.2. The van der Waals surface area contributed by atoms with Crippen LogP contribution < -0.4 is 4.90 Å². The van der Waals surface area contributed by atoms with Crippen molar-refractivity contribution in [1.82, 2.24) is 0 Å². The summed E-state index contributed by atoms with van der Waals surface area (Å²) in [6.45, 7) is -0.104. The Hall–Kier alpha value is -2.31. The first kappa shape index (κ1) is 16.1. The van der Waals surface area contributed by atoms with Gasteiger partial charge in [0, 0.05) is 5.69 Å². The van der Waals surface area contributed by atoms with Gasteiger partial charge in [-0.2, -0.15) is 18.4 Å². The zero-order chi connectivity index (χ0) is 16.3. The van der Waals surface area contributed by atoms with Crippen molar-refractivity contribution < 1.29 is 32.5 Å². The van der Waals surface area contributed by atoms with E-state index >= 15 is 0 Å². The highest BCUT2D eigenvalue weighted by Crippen LogP contribution is 2.35. The van der Waals surface area contributed by atoms with E-state index in [0.29, 0.717) is 0 Å². The van der Waals surface area contributed by atoms with Crippen LogP contribution in [0.3, 0.4) is 0 Å². The van der Waals surface area contributed by atoms with E-state index in [1.54, 1.807) is 0 Å². The van der Waals surface area contributed by atoms with Gasteiger partial charge in [-0.3, -0.25) is 4.90 Å². The second-order valence-corrected chi connectivity index (χ2v) is 4.39. The van der Waals surface area contributed by atoms with Crippen LogP contribution in [0.4, 0.5) is 23.7 Å². The lowest BCUT2D eigenvalue weighted by Crippen LogP contribution is -2.37. The lowest BCUT2D eigenvalue weighted by atomic mass is 10.1. The fourth-order valence-electron chi connectivity index (χ4n) is 2.06. The van der Waals surface area contributed by atoms with Crippen LogP contribution in [0.15, 0.2) is 18.2 Å². The monoisotopic (exact) mass is 316 g/mol. The summed E-state index contributed by atoms with van der Waals surface area (Å²) in [7, 11) is 1.27. The number of nitriles is 1. The number of rotatable bonds is 4. The van der Waals surface area contributed by atoms with Crippen LogP contribution in [0.25, 0.3) is 0 Å². The molecule has 2 rings (SSSR count). The zero-order valence-electron chi connectivity index (χ0n) is 11.4. The molecule has 0 bridgehead atoms. The molecule has 22 heavy (non-hydrogen) atoms. The van der Waals surface area contributed by atoms with Gasteiger partial charge >= 0.3 is 12.3 Å². The third-order valence-corrected chi connectivity index (χ3v) is 3.05. The molecule has 1 atom stereocenters. The topological polar surface area (TPSA) is 71.8 Å². The Morgan fingerprint density at radius 2 is 2.23 bits per heavy atom. The average molecular weight is 316 g/mol. The number of alkyl halides is 3. The number of ether oxygens (including phenoxy) is 1. The van der Waals surface area contributed by atoms with Gasteiger partial charge in [0.2, 0.25) is 0 Å². The van der Waals surface area contributed by atoms with Crippen LogP contribution in [0, 0.1) is 11.3 Å². The molecule has 1 aliphatic rings. The highest BCUT2D eigenvalue weighted by Gasteiger charge is 2.38. The Kier molecular flexibility index (Phi) is 4.54. The maximum atomic E-state index is 13.0. The highest BCUT2D eigenvalue weighted by molar-refractivity contribution is 5.90. The summed E-state index contributed by atoms with van der Waals surface area (Å²) in [4.78, 5) is 21.9. The van der Waals surface area contributed by atoms with Gasteiger partial charge in [-0.1, -0.05) is 0 Å². The van der Waals surface area contributed by atoms with E-state index in [9.17, 15) is 18.0 Å². The van der Waals surface area contributed by atoms with Crippen molar-refractivity contribution in [2.45, 2.75) is 12.2 Å². The lowest BCUT2D eigenvalue weighted by molar-refractivity contribution is -0.274. The van der Waals surface area contributed by atoms with Crippen LogP contribution in [-0.4, -0.2) is 32.5 Å². The molecule has 0 saturated carbocycles. The van der Waals surface area contributed by atoms with Crippen LogP contribution in [0.2, 0.25) is 0 Å². The molecule has 0 unspecified atom stereocenters. The van der Waals surface area contributed by atoms with Crippen LogP contribution >= 0.6 is 0 Å². The molecule has 1 fully saturated rings. The minimum atomic E-state index is -4.71. The van der Waals surface area contributed by atoms with E-state index in [1.165, 1.54) is 19.2 Å². The summed E-state index contributed by atoms with van der Waals surface area (Å²) in [5, 5.41) is 8.77. The first-order valence-electron chi connectivity index (χ1n) is 6.11. The number of cyclic esters (lactones) is 1. The Bertz CT molecular complexity index is 612. The summed E-state index contributed by atoms with van der Waals surface area (Å²) in [5.41, 5.74) is -1.66. The molecular formula is C13H11F3N2O4. The summed E-state index contributed by atoms with van der Waals surface area (Å²) in [6, 6.07) is 3.86. The molecule has 1 aromatic carbocycles. The van der Waals surface area contributed by atoms with Gasteiger partial charge in [0.25, 0.3) is 0 Å². The minimum absolute atomic E-state index is 0.0291. The Morgan fingerprint density at radius 1 is 1.50 bits per heavy atom. The van der Waals surface area contributed by atoms with Gasteiger partial charge in [-0.15, -0.1) is 0 Å². The number of anilines is 1. The van der Waals surface area contributed by atoms with Gasteiger partial charge in [0.15, 0.2) is 0 Å². The van der Waals surface area contributed by atoms with E-state index in [2.05, 4.69) is 4.89 Å². The molecule has 0 radical (unpaired) electrons. The molecule has 0 aliphatic carbocycles. The van der Waals surface area contributed by atoms with Gasteiger partial charge in [-0.25, -0.2) is 14.6 Å². The maximum Gasteiger partial charge on any atom is 0.417 e. The minimum Gasteiger partial charge on any atom is -0.447 e. The number of benzene rings is 1. The summed E-state index contributed by atoms with van der Waals surface area (Å²) in [6.07, 6.45) is -5.49. The molecular weight excluding hydrogens is 305 g/mol. The number of carbonyl (C=O) groups excluding carboxylic acids is 1. The summed E-state index contributed by atoms with van der Waals surface area (Å²) < 4.78 is 43.7. The smallest absolute Gasteiger partial charge is 0.417 e. The van der Waals surface area contributed by atoms with E-state index in [4.69, 9.17) is 14.9 Å². The zero-order valence-corrected chi connectivity index (χ0v) is 11.4. The molecule has 9 heteroatoms. The molecule has 6 nitrogen and oxygen atoms in total. The van der Waals surface area contributed by atoms with Crippen molar-refractivity contribution in [2.24, 2.45) is 0 Å². The molecule has 0 aromatic heterocycles. The third kappa shape index (κ3) is 3.13. The van der Waals surface area contributed by atoms with Gasteiger partial charge in [0.1, 0.15) is 19.3 Å². The van der Waals surface area contributed by atoms with E-state index < -0.39 is 29.4 Å². The Morgan fingerprint density at radius 3 is 2.82 bits per heavy atom. The number of nitrogens with zero attached hydrogens (tertiary/aromatic N) is 2. The Balaban J connectivity index is 2.39. The number of halogens is 3. The molecule has 1 aliphatic heterocycles. The molecule has 0 spiro atoms. The Labute approximate surface area is 123 Å². The number of hydrogen-bond donors (Lipinski definition) is 0. The van der Waals surface area contributed by atoms with Crippen molar-refractivity contribution in [2.75, 3.05) is 25.2 Å². The molecule has 1 heterocycles. The van der Waals surface area contributed by atoms with Gasteiger partial charge in [0.05, 0.1) is 24.3 Å². The third-order valence-electron chi connectivity index (χ3n) is 3.05. The second-order valence-electron chi connectivity index (χ2n) is 4.39. The summed E-state index contributed by atoms with van der Waals surface area (Å²) in [5.74, 6) is 0. The molecule has 1 saturated heterocycles. The van der Waals surface area contributed by atoms with Crippen molar-refractivity contribution in [3.05, 3.63) is 29.3 Å². The second kappa shape index (κ2) is 6.21. The van der Waals surface area contributed by atoms with Crippen LogP contribution in [-0.2, 0) is 20.7 Å². The molecule has 0 N–H and O–H groups in total. The standard InChI is InChI=1S/C13H11F3N2O4/c1-20-22-7-10-6-21-12(19)18(10)9-3-2-8(5-17)11(4-9)13(14,15)16/h2-4,10H,6-7H2,1H3/t10-/m1/s1. The number of hydrogen-bond acceptors (Lipinski definition) is 5. The van der Waals surface area contributed by atoms with Crippen molar-refractivity contribution in [3.63, 3.8) is 0 Å². The highest BCUT2D eigenvalue weighted by atomic mass is 19.4. The van der Waals surface area contributed by atoms with Crippen molar-refractivity contribution in [3.8, 4) is 6.07 Å². The SMILES string of the molecule is COOC[C@H]1COC(=O)N1c1ccc(C#N)c(C(F)(F)F)c1. The number of carbonyl (C=O) groups is 1. The maximum absolute atomic E-state index is 13.0. The van der Waals surface area contributed by atoms with E-state index in [0.717, 1.165) is 17.0 Å². The largest absolute Gasteiger partial charge is 0.447 e. The van der Waals surface area contributed by atoms with Crippen molar-refractivity contribution in [1.29, 1.82) is 5.26 Å². The van der Waals surface area contributed by atoms with Crippen molar-refractivity contribution >= 4 is 11.8 Å². The van der Waals surface area contributed by atoms with Crippen LogP contribution in [0.5, 0.6) is 0 Å². The fraction of sp³-hybridized carbons (Fsp3) is 0.385. The number of amides is 1. The molecule has 118 valence electrons. The molecule has 1 amide bonds. The van der Waals surface area contributed by atoms with Gasteiger partial charge < -0.3 is 4.74 Å². The first-order chi connectivity index (χ1) is 10.4. The predicted octanol–water partition coefficient (Wildman–Crippen LogP) is 2.48. The van der Waals surface area contributed by atoms with E-state index in [-0.39, 0.29) is 18.9 Å². The van der Waals surface area contributed by atoms with Crippen LogP contribution in [0.1, 0.15) is 11.1 Å². The molecule has 1 aromatic rings. The lowest BCUT2D eigenvalue weighted by Gasteiger charge is -2.22. The summed E-state index contributed by atoms with van der Waals surface area (Å²) >= 11 is 0. The predicted molar refractivity (Wildman–Crippen MR) is 66.7 cm³/mol. The average Bonchev–Trinajstić information content (AvgIpc) is 2.84. The quantitative estimate of drug-likeness (QED) is 0.630. The van der Waals surface area contributed by atoms with E-state index in [1.807, 2.05) is 0 Å². The van der Waals surface area contributed by atoms with Gasteiger partial charge in [-0.05, 0) is 18.2 Å². The first-order valence-corrected chi connectivity index (χ1v) is 6.11.